The number of nitrogens with zero attached hydrogens (tertiary/aromatic N) is 2. The Morgan fingerprint density at radius 3 is 2.63 bits per heavy atom. The Morgan fingerprint density at radius 2 is 2.00 bits per heavy atom. The number of hydrogen-bond donors (Lipinski definition) is 2. The van der Waals surface area contributed by atoms with Crippen molar-refractivity contribution in [1.29, 1.82) is 0 Å². The third-order valence-corrected chi connectivity index (χ3v) is 5.22. The van der Waals surface area contributed by atoms with Gasteiger partial charge >= 0.3 is 6.03 Å². The topological polar surface area (TPSA) is 84.0 Å². The molecule has 3 amide bonds. The molecular formula is C10H14N4O2S3. The molecule has 1 aliphatic carbocycles. The largest absolute Gasteiger partial charge is 0.335 e. The van der Waals surface area contributed by atoms with Crippen molar-refractivity contribution < 1.29 is 9.59 Å². The van der Waals surface area contributed by atoms with E-state index in [1.807, 2.05) is 6.92 Å². The average Bonchev–Trinajstić information content (AvgIpc) is 3.05. The number of rotatable bonds is 6. The molecule has 0 radical (unpaired) electrons. The molecule has 0 saturated heterocycles. The summed E-state index contributed by atoms with van der Waals surface area (Å²) < 4.78 is 1.64. The number of carbonyl (C=O) groups excluding carboxylic acids is 2. The molecule has 1 aromatic heterocycles. The van der Waals surface area contributed by atoms with Gasteiger partial charge in [0.05, 0.1) is 5.75 Å². The molecule has 0 bridgehead atoms. The lowest BCUT2D eigenvalue weighted by atomic mass is 10.6. The number of nitrogens with one attached hydrogen (secondary N) is 2. The lowest BCUT2D eigenvalue weighted by molar-refractivity contribution is -0.117. The molecule has 19 heavy (non-hydrogen) atoms. The summed E-state index contributed by atoms with van der Waals surface area (Å²) in [5.41, 5.74) is 0. The number of hydrogen-bond acceptors (Lipinski definition) is 7. The van der Waals surface area contributed by atoms with E-state index in [9.17, 15) is 9.59 Å². The second-order valence-electron chi connectivity index (χ2n) is 3.85. The maximum Gasteiger partial charge on any atom is 0.321 e. The van der Waals surface area contributed by atoms with Gasteiger partial charge in [-0.1, -0.05) is 41.8 Å². The summed E-state index contributed by atoms with van der Waals surface area (Å²) in [4.78, 5) is 22.8. The zero-order chi connectivity index (χ0) is 13.7. The predicted molar refractivity (Wildman–Crippen MR) is 76.7 cm³/mol. The summed E-state index contributed by atoms with van der Waals surface area (Å²) in [6.45, 7) is 2.05. The van der Waals surface area contributed by atoms with Crippen molar-refractivity contribution >= 4 is 46.8 Å². The van der Waals surface area contributed by atoms with Gasteiger partial charge in [-0.05, 0) is 18.6 Å². The summed E-state index contributed by atoms with van der Waals surface area (Å²) >= 11 is 4.38. The van der Waals surface area contributed by atoms with E-state index in [4.69, 9.17) is 0 Å². The molecule has 0 atom stereocenters. The van der Waals surface area contributed by atoms with Crippen LogP contribution in [0.3, 0.4) is 0 Å². The van der Waals surface area contributed by atoms with Crippen LogP contribution in [0, 0.1) is 0 Å². The molecule has 9 heteroatoms. The lowest BCUT2D eigenvalue weighted by Crippen LogP contribution is -2.41. The van der Waals surface area contributed by atoms with Crippen LogP contribution in [0.1, 0.15) is 19.8 Å². The summed E-state index contributed by atoms with van der Waals surface area (Å²) in [5, 5.41) is 13.0. The molecule has 0 aliphatic heterocycles. The number of imide groups is 1. The second kappa shape index (κ2) is 7.11. The van der Waals surface area contributed by atoms with Gasteiger partial charge in [-0.3, -0.25) is 10.1 Å². The van der Waals surface area contributed by atoms with E-state index in [0.29, 0.717) is 0 Å². The van der Waals surface area contributed by atoms with Crippen LogP contribution in [0.15, 0.2) is 8.68 Å². The van der Waals surface area contributed by atoms with Gasteiger partial charge in [0, 0.05) is 6.04 Å². The lowest BCUT2D eigenvalue weighted by Gasteiger charge is -2.03. The third-order valence-electron chi connectivity index (χ3n) is 2.15. The van der Waals surface area contributed by atoms with Crippen LogP contribution in [0.25, 0.3) is 0 Å². The van der Waals surface area contributed by atoms with Gasteiger partial charge in [0.25, 0.3) is 0 Å². The molecule has 1 aromatic rings. The van der Waals surface area contributed by atoms with Gasteiger partial charge in [-0.2, -0.15) is 0 Å². The number of carbonyl (C=O) groups is 2. The molecule has 1 aliphatic rings. The number of amides is 3. The molecule has 2 rings (SSSR count). The Hall–Kier alpha value is -0.800. The Bertz CT molecular complexity index is 461. The van der Waals surface area contributed by atoms with Gasteiger partial charge in [0.2, 0.25) is 5.91 Å². The minimum absolute atomic E-state index is 0.170. The highest BCUT2D eigenvalue weighted by atomic mass is 32.2. The van der Waals surface area contributed by atoms with Gasteiger partial charge in [0.15, 0.2) is 8.68 Å². The highest BCUT2D eigenvalue weighted by Crippen LogP contribution is 2.28. The summed E-state index contributed by atoms with van der Waals surface area (Å²) in [7, 11) is 0. The minimum atomic E-state index is -0.410. The molecule has 0 spiro atoms. The van der Waals surface area contributed by atoms with Crippen LogP contribution >= 0.6 is 34.9 Å². The van der Waals surface area contributed by atoms with Crippen molar-refractivity contribution in [2.45, 2.75) is 34.5 Å². The average molecular weight is 318 g/mol. The minimum Gasteiger partial charge on any atom is -0.335 e. The van der Waals surface area contributed by atoms with E-state index in [0.717, 1.165) is 27.3 Å². The van der Waals surface area contributed by atoms with Crippen LogP contribution in [-0.4, -0.2) is 39.7 Å². The number of thioether (sulfide) groups is 2. The van der Waals surface area contributed by atoms with Crippen LogP contribution in [0.2, 0.25) is 0 Å². The first kappa shape index (κ1) is 14.6. The fraction of sp³-hybridized carbons (Fsp3) is 0.600. The van der Waals surface area contributed by atoms with E-state index in [-0.39, 0.29) is 17.7 Å². The Labute approximate surface area is 123 Å². The van der Waals surface area contributed by atoms with Gasteiger partial charge in [-0.25, -0.2) is 4.79 Å². The highest BCUT2D eigenvalue weighted by Gasteiger charge is 2.23. The molecule has 1 fully saturated rings. The fourth-order valence-electron chi connectivity index (χ4n) is 1.18. The summed E-state index contributed by atoms with van der Waals surface area (Å²) in [6, 6.07) is -0.162. The second-order valence-corrected chi connectivity index (χ2v) is 7.56. The molecule has 2 N–H and O–H groups in total. The van der Waals surface area contributed by atoms with Crippen LogP contribution < -0.4 is 10.6 Å². The smallest absolute Gasteiger partial charge is 0.321 e. The predicted octanol–water partition coefficient (Wildman–Crippen LogP) is 1.73. The quantitative estimate of drug-likeness (QED) is 0.777. The van der Waals surface area contributed by atoms with E-state index >= 15 is 0 Å². The highest BCUT2D eigenvalue weighted by molar-refractivity contribution is 8.03. The Kier molecular flexibility index (Phi) is 5.46. The van der Waals surface area contributed by atoms with E-state index < -0.39 is 6.03 Å². The molecular weight excluding hydrogens is 304 g/mol. The standard InChI is InChI=1S/C10H14N4O2S3/c1-2-17-9-13-14-10(19-9)18-5-7(15)12-8(16)11-6-3-4-6/h6H,2-5H2,1H3,(H2,11,12,15,16). The number of urea groups is 1. The molecule has 0 unspecified atom stereocenters. The van der Waals surface area contributed by atoms with Crippen LogP contribution in [0.4, 0.5) is 4.79 Å². The zero-order valence-corrected chi connectivity index (χ0v) is 12.8. The normalized spacial score (nSPS) is 14.2. The van der Waals surface area contributed by atoms with Gasteiger partial charge in [0.1, 0.15) is 0 Å². The summed E-state index contributed by atoms with van der Waals surface area (Å²) in [5.74, 6) is 0.799. The first-order chi connectivity index (χ1) is 9.17. The van der Waals surface area contributed by atoms with E-state index in [1.165, 1.54) is 23.1 Å². The monoisotopic (exact) mass is 318 g/mol. The van der Waals surface area contributed by atoms with Crippen molar-refractivity contribution in [3.63, 3.8) is 0 Å². The zero-order valence-electron chi connectivity index (χ0n) is 10.3. The maximum absolute atomic E-state index is 11.5. The van der Waals surface area contributed by atoms with E-state index in [2.05, 4.69) is 20.8 Å². The molecule has 6 nitrogen and oxygen atoms in total. The van der Waals surface area contributed by atoms with Gasteiger partial charge < -0.3 is 5.32 Å². The first-order valence-corrected chi connectivity index (χ1v) is 8.65. The molecule has 1 heterocycles. The maximum atomic E-state index is 11.5. The third kappa shape index (κ3) is 5.37. The van der Waals surface area contributed by atoms with Crippen LogP contribution in [-0.2, 0) is 4.79 Å². The summed E-state index contributed by atoms with van der Waals surface area (Å²) in [6.07, 6.45) is 2.00. The Balaban J connectivity index is 1.68. The fourth-order valence-corrected chi connectivity index (χ4v) is 3.89. The molecule has 1 saturated carbocycles. The van der Waals surface area contributed by atoms with Gasteiger partial charge in [-0.15, -0.1) is 10.2 Å². The molecule has 104 valence electrons. The van der Waals surface area contributed by atoms with Crippen molar-refractivity contribution in [3.8, 4) is 0 Å². The van der Waals surface area contributed by atoms with Crippen LogP contribution in [0.5, 0.6) is 0 Å². The SMILES string of the molecule is CCSc1nnc(SCC(=O)NC(=O)NC2CC2)s1. The number of aromatic nitrogens is 2. The van der Waals surface area contributed by atoms with E-state index in [1.54, 1.807) is 11.8 Å². The van der Waals surface area contributed by atoms with Crippen molar-refractivity contribution in [3.05, 3.63) is 0 Å². The van der Waals surface area contributed by atoms with Crippen molar-refractivity contribution in [1.82, 2.24) is 20.8 Å². The first-order valence-electron chi connectivity index (χ1n) is 5.87. The van der Waals surface area contributed by atoms with Crippen molar-refractivity contribution in [2.75, 3.05) is 11.5 Å². The molecule has 0 aromatic carbocycles. The van der Waals surface area contributed by atoms with Crippen molar-refractivity contribution in [2.24, 2.45) is 0 Å². The Morgan fingerprint density at radius 1 is 1.32 bits per heavy atom.